The van der Waals surface area contributed by atoms with Gasteiger partial charge in [-0.3, -0.25) is 4.79 Å². The molecular weight excluding hydrogens is 174 g/mol. The molecule has 0 rings (SSSR count). The van der Waals surface area contributed by atoms with E-state index in [9.17, 15) is 4.79 Å². The van der Waals surface area contributed by atoms with E-state index in [1.54, 1.807) is 25.1 Å². The summed E-state index contributed by atoms with van der Waals surface area (Å²) in [5.41, 5.74) is 0. The second-order valence-electron chi connectivity index (χ2n) is 4.31. The van der Waals surface area contributed by atoms with Crippen LogP contribution in [0.2, 0.25) is 0 Å². The number of amides is 1. The van der Waals surface area contributed by atoms with Crippen LogP contribution in [0, 0.1) is 5.92 Å². The summed E-state index contributed by atoms with van der Waals surface area (Å²) in [6, 6.07) is 0. The minimum absolute atomic E-state index is 0.0776. The van der Waals surface area contributed by atoms with E-state index in [-0.39, 0.29) is 5.91 Å². The summed E-state index contributed by atoms with van der Waals surface area (Å²) in [4.78, 5) is 12.7. The van der Waals surface area contributed by atoms with Gasteiger partial charge in [-0.15, -0.1) is 0 Å². The molecule has 0 bridgehead atoms. The van der Waals surface area contributed by atoms with Gasteiger partial charge in [0.15, 0.2) is 0 Å². The Balaban J connectivity index is 3.40. The zero-order valence-electron chi connectivity index (χ0n) is 9.92. The molecule has 0 atom stereocenters. The first kappa shape index (κ1) is 13.2. The smallest absolute Gasteiger partial charge is 0.245 e. The minimum Gasteiger partial charge on any atom is -0.345 e. The summed E-state index contributed by atoms with van der Waals surface area (Å²) >= 11 is 0. The fourth-order valence-corrected chi connectivity index (χ4v) is 1.15. The highest BCUT2D eigenvalue weighted by atomic mass is 16.2. The Bertz CT molecular complexity index is 183. The lowest BCUT2D eigenvalue weighted by molar-refractivity contribution is -0.123. The van der Waals surface area contributed by atoms with Crippen molar-refractivity contribution in [3.63, 3.8) is 0 Å². The number of unbranched alkanes of at least 4 members (excludes halogenated alkanes) is 2. The molecule has 2 heteroatoms. The Labute approximate surface area is 88.0 Å². The number of hydrogen-bond donors (Lipinski definition) is 0. The van der Waals surface area contributed by atoms with Crippen LogP contribution in [0.15, 0.2) is 12.2 Å². The molecule has 0 aromatic heterocycles. The highest BCUT2D eigenvalue weighted by Crippen LogP contribution is 2.08. The Hall–Kier alpha value is -0.790. The normalized spacial score (nSPS) is 11.2. The van der Waals surface area contributed by atoms with E-state index in [0.29, 0.717) is 0 Å². The first-order valence-electron chi connectivity index (χ1n) is 5.42. The van der Waals surface area contributed by atoms with E-state index in [1.165, 1.54) is 19.3 Å². The van der Waals surface area contributed by atoms with Crippen LogP contribution in [0.4, 0.5) is 0 Å². The highest BCUT2D eigenvalue weighted by Gasteiger charge is 1.96. The molecular formula is C12H23NO. The molecule has 14 heavy (non-hydrogen) atoms. The standard InChI is InChI=1S/C12H23NO/c1-11(2)9-7-5-6-8-10-12(14)13(3)4/h8,10-11H,5-7,9H2,1-4H3/b10-8+. The van der Waals surface area contributed by atoms with Gasteiger partial charge in [-0.2, -0.15) is 0 Å². The molecule has 0 aromatic carbocycles. The second-order valence-corrected chi connectivity index (χ2v) is 4.31. The molecule has 82 valence electrons. The summed E-state index contributed by atoms with van der Waals surface area (Å²) in [6.07, 6.45) is 8.40. The van der Waals surface area contributed by atoms with Crippen molar-refractivity contribution in [3.8, 4) is 0 Å². The minimum atomic E-state index is 0.0776. The van der Waals surface area contributed by atoms with Crippen LogP contribution in [0.1, 0.15) is 39.5 Å². The van der Waals surface area contributed by atoms with Crippen molar-refractivity contribution in [2.24, 2.45) is 5.92 Å². The van der Waals surface area contributed by atoms with Crippen LogP contribution in [0.3, 0.4) is 0 Å². The largest absolute Gasteiger partial charge is 0.345 e. The fourth-order valence-electron chi connectivity index (χ4n) is 1.15. The Kier molecular flexibility index (Phi) is 7.17. The fraction of sp³-hybridized carbons (Fsp3) is 0.750. The van der Waals surface area contributed by atoms with E-state index in [2.05, 4.69) is 13.8 Å². The molecule has 0 spiro atoms. The van der Waals surface area contributed by atoms with Crippen molar-refractivity contribution in [3.05, 3.63) is 12.2 Å². The summed E-state index contributed by atoms with van der Waals surface area (Å²) in [6.45, 7) is 4.48. The Morgan fingerprint density at radius 2 is 1.93 bits per heavy atom. The Morgan fingerprint density at radius 3 is 2.43 bits per heavy atom. The van der Waals surface area contributed by atoms with E-state index in [0.717, 1.165) is 12.3 Å². The number of likely N-dealkylation sites (N-methyl/N-ethyl adjacent to an activating group) is 1. The monoisotopic (exact) mass is 197 g/mol. The van der Waals surface area contributed by atoms with Gasteiger partial charge in [0.2, 0.25) is 5.91 Å². The summed E-state index contributed by atoms with van der Waals surface area (Å²) < 4.78 is 0. The predicted molar refractivity (Wildman–Crippen MR) is 61.1 cm³/mol. The van der Waals surface area contributed by atoms with Gasteiger partial charge in [0, 0.05) is 14.1 Å². The predicted octanol–water partition coefficient (Wildman–Crippen LogP) is 2.85. The van der Waals surface area contributed by atoms with Crippen LogP contribution in [-0.2, 0) is 4.79 Å². The maximum atomic E-state index is 11.1. The van der Waals surface area contributed by atoms with Crippen LogP contribution >= 0.6 is 0 Å². The number of nitrogens with zero attached hydrogens (tertiary/aromatic N) is 1. The first-order valence-corrected chi connectivity index (χ1v) is 5.42. The van der Waals surface area contributed by atoms with Crippen molar-refractivity contribution in [1.29, 1.82) is 0 Å². The van der Waals surface area contributed by atoms with Crippen molar-refractivity contribution in [1.82, 2.24) is 4.90 Å². The molecule has 0 aliphatic rings. The topological polar surface area (TPSA) is 20.3 Å². The number of hydrogen-bond acceptors (Lipinski definition) is 1. The van der Waals surface area contributed by atoms with Crippen molar-refractivity contribution < 1.29 is 4.79 Å². The number of carbonyl (C=O) groups excluding carboxylic acids is 1. The first-order chi connectivity index (χ1) is 6.54. The molecule has 0 saturated carbocycles. The van der Waals surface area contributed by atoms with Gasteiger partial charge in [0.1, 0.15) is 0 Å². The van der Waals surface area contributed by atoms with Gasteiger partial charge in [0.05, 0.1) is 0 Å². The van der Waals surface area contributed by atoms with Gasteiger partial charge in [-0.05, 0) is 24.8 Å². The van der Waals surface area contributed by atoms with Gasteiger partial charge in [-0.1, -0.05) is 32.8 Å². The number of carbonyl (C=O) groups is 1. The average Bonchev–Trinajstić information content (AvgIpc) is 2.09. The molecule has 0 aromatic rings. The van der Waals surface area contributed by atoms with Gasteiger partial charge < -0.3 is 4.90 Å². The van der Waals surface area contributed by atoms with Crippen molar-refractivity contribution in [2.75, 3.05) is 14.1 Å². The van der Waals surface area contributed by atoms with Crippen LogP contribution < -0.4 is 0 Å². The third-order valence-electron chi connectivity index (χ3n) is 2.10. The zero-order valence-corrected chi connectivity index (χ0v) is 9.92. The van der Waals surface area contributed by atoms with Crippen LogP contribution in [-0.4, -0.2) is 24.9 Å². The number of rotatable bonds is 6. The van der Waals surface area contributed by atoms with Crippen LogP contribution in [0.25, 0.3) is 0 Å². The molecule has 0 aliphatic carbocycles. The molecule has 2 nitrogen and oxygen atoms in total. The van der Waals surface area contributed by atoms with Crippen LogP contribution in [0.5, 0.6) is 0 Å². The van der Waals surface area contributed by atoms with Gasteiger partial charge >= 0.3 is 0 Å². The number of allylic oxidation sites excluding steroid dienone is 1. The van der Waals surface area contributed by atoms with Gasteiger partial charge in [0.25, 0.3) is 0 Å². The van der Waals surface area contributed by atoms with E-state index >= 15 is 0 Å². The third kappa shape index (κ3) is 7.84. The SMILES string of the molecule is CC(C)CCCC/C=C/C(=O)N(C)C. The van der Waals surface area contributed by atoms with Crippen molar-refractivity contribution in [2.45, 2.75) is 39.5 Å². The summed E-state index contributed by atoms with van der Waals surface area (Å²) in [5, 5.41) is 0. The molecule has 0 aliphatic heterocycles. The zero-order chi connectivity index (χ0) is 11.0. The highest BCUT2D eigenvalue weighted by molar-refractivity contribution is 5.86. The maximum Gasteiger partial charge on any atom is 0.245 e. The lowest BCUT2D eigenvalue weighted by atomic mass is 10.1. The molecule has 0 fully saturated rings. The Morgan fingerprint density at radius 1 is 1.29 bits per heavy atom. The van der Waals surface area contributed by atoms with E-state index in [4.69, 9.17) is 0 Å². The lowest BCUT2D eigenvalue weighted by Gasteiger charge is -2.05. The molecule has 0 N–H and O–H groups in total. The van der Waals surface area contributed by atoms with E-state index in [1.807, 2.05) is 6.08 Å². The maximum absolute atomic E-state index is 11.1. The second kappa shape index (κ2) is 7.60. The van der Waals surface area contributed by atoms with E-state index < -0.39 is 0 Å². The third-order valence-corrected chi connectivity index (χ3v) is 2.10. The molecule has 0 saturated heterocycles. The van der Waals surface area contributed by atoms with Crippen molar-refractivity contribution >= 4 is 5.91 Å². The molecule has 0 radical (unpaired) electrons. The van der Waals surface area contributed by atoms with Gasteiger partial charge in [-0.25, -0.2) is 0 Å². The quantitative estimate of drug-likeness (QED) is 0.473. The molecule has 1 amide bonds. The summed E-state index contributed by atoms with van der Waals surface area (Å²) in [7, 11) is 3.54. The average molecular weight is 197 g/mol. The molecule has 0 heterocycles. The summed E-state index contributed by atoms with van der Waals surface area (Å²) in [5.74, 6) is 0.872. The lowest BCUT2D eigenvalue weighted by Crippen LogP contribution is -2.18. The molecule has 0 unspecified atom stereocenters.